The summed E-state index contributed by atoms with van der Waals surface area (Å²) in [5, 5.41) is 18.1. The van der Waals surface area contributed by atoms with Crippen molar-refractivity contribution in [3.8, 4) is 11.5 Å². The van der Waals surface area contributed by atoms with Crippen LogP contribution in [-0.2, 0) is 9.53 Å². The Morgan fingerprint density at radius 2 is 2.00 bits per heavy atom. The number of esters is 1. The Morgan fingerprint density at radius 3 is 2.58 bits per heavy atom. The van der Waals surface area contributed by atoms with E-state index in [4.69, 9.17) is 14.6 Å². The molecule has 1 rings (SSSR count). The molecule has 19 heavy (non-hydrogen) atoms. The molecule has 0 spiro atoms. The van der Waals surface area contributed by atoms with E-state index in [0.717, 1.165) is 0 Å². The van der Waals surface area contributed by atoms with Crippen LogP contribution in [0.3, 0.4) is 0 Å². The van der Waals surface area contributed by atoms with Crippen LogP contribution in [0.25, 0.3) is 0 Å². The van der Waals surface area contributed by atoms with Crippen LogP contribution in [0.1, 0.15) is 16.8 Å². The van der Waals surface area contributed by atoms with Crippen LogP contribution in [-0.4, -0.2) is 41.1 Å². The quantitative estimate of drug-likeness (QED) is 0.398. The maximum Gasteiger partial charge on any atom is 0.339 e. The van der Waals surface area contributed by atoms with E-state index in [1.54, 1.807) is 0 Å². The Bertz CT molecular complexity index is 460. The number of thiol groups is 1. The summed E-state index contributed by atoms with van der Waals surface area (Å²) in [6.07, 6.45) is 0.233. The van der Waals surface area contributed by atoms with Crippen molar-refractivity contribution in [2.24, 2.45) is 0 Å². The molecular formula is C12H14O6S. The molecular weight excluding hydrogens is 272 g/mol. The number of hydrogen-bond acceptors (Lipinski definition) is 6. The molecule has 0 bridgehead atoms. The number of carboxylic acid groups (broad SMARTS) is 1. The molecule has 0 saturated carbocycles. The monoisotopic (exact) mass is 286 g/mol. The number of benzene rings is 1. The van der Waals surface area contributed by atoms with Crippen LogP contribution in [0, 0.1) is 0 Å². The molecule has 2 N–H and O–H groups in total. The van der Waals surface area contributed by atoms with Crippen LogP contribution in [0.4, 0.5) is 0 Å². The fourth-order valence-corrected chi connectivity index (χ4v) is 1.44. The van der Waals surface area contributed by atoms with Gasteiger partial charge in [-0.25, -0.2) is 4.79 Å². The largest absolute Gasteiger partial charge is 0.507 e. The highest BCUT2D eigenvalue weighted by molar-refractivity contribution is 7.80. The second kappa shape index (κ2) is 7.52. The minimum atomic E-state index is -1.22. The Morgan fingerprint density at radius 1 is 1.26 bits per heavy atom. The van der Waals surface area contributed by atoms with Gasteiger partial charge in [0.05, 0.1) is 6.42 Å². The molecule has 0 atom stereocenters. The van der Waals surface area contributed by atoms with Crippen LogP contribution < -0.4 is 4.74 Å². The van der Waals surface area contributed by atoms with Gasteiger partial charge in [0, 0.05) is 11.8 Å². The van der Waals surface area contributed by atoms with Gasteiger partial charge in [0.15, 0.2) is 0 Å². The summed E-state index contributed by atoms with van der Waals surface area (Å²) < 4.78 is 10.0. The summed E-state index contributed by atoms with van der Waals surface area (Å²) in [5.74, 6) is -1.23. The number of aromatic carboxylic acids is 1. The van der Waals surface area contributed by atoms with E-state index < -0.39 is 5.97 Å². The van der Waals surface area contributed by atoms with Gasteiger partial charge in [0.25, 0.3) is 0 Å². The Hall–Kier alpha value is -1.89. The number of carbonyl (C=O) groups is 2. The zero-order valence-electron chi connectivity index (χ0n) is 10.0. The third-order valence-corrected chi connectivity index (χ3v) is 2.35. The summed E-state index contributed by atoms with van der Waals surface area (Å²) in [6, 6.07) is 3.84. The summed E-state index contributed by atoms with van der Waals surface area (Å²) in [4.78, 5) is 21.7. The van der Waals surface area contributed by atoms with Gasteiger partial charge in [0.2, 0.25) is 0 Å². The fourth-order valence-electron chi connectivity index (χ4n) is 1.26. The fraction of sp³-hybridized carbons (Fsp3) is 0.333. The van der Waals surface area contributed by atoms with E-state index in [1.807, 2.05) is 0 Å². The molecule has 0 aliphatic carbocycles. The predicted molar refractivity (Wildman–Crippen MR) is 70.0 cm³/mol. The summed E-state index contributed by atoms with van der Waals surface area (Å²) in [7, 11) is 0. The molecule has 6 nitrogen and oxygen atoms in total. The van der Waals surface area contributed by atoms with Gasteiger partial charge in [-0.3, -0.25) is 4.79 Å². The van der Waals surface area contributed by atoms with Crippen molar-refractivity contribution in [3.63, 3.8) is 0 Å². The molecule has 0 amide bonds. The maximum absolute atomic E-state index is 11.0. The van der Waals surface area contributed by atoms with Crippen molar-refractivity contribution < 1.29 is 29.3 Å². The lowest BCUT2D eigenvalue weighted by atomic mass is 10.2. The highest BCUT2D eigenvalue weighted by Gasteiger charge is 2.10. The first-order valence-electron chi connectivity index (χ1n) is 5.50. The second-order valence-corrected chi connectivity index (χ2v) is 3.97. The molecule has 0 aromatic heterocycles. The van der Waals surface area contributed by atoms with Gasteiger partial charge < -0.3 is 19.7 Å². The van der Waals surface area contributed by atoms with Crippen molar-refractivity contribution in [3.05, 3.63) is 23.8 Å². The molecule has 0 heterocycles. The van der Waals surface area contributed by atoms with Gasteiger partial charge in [-0.15, -0.1) is 0 Å². The molecule has 0 fully saturated rings. The summed E-state index contributed by atoms with van der Waals surface area (Å²) >= 11 is 3.89. The van der Waals surface area contributed by atoms with E-state index in [2.05, 4.69) is 12.6 Å². The number of rotatable bonds is 7. The molecule has 1 aromatic carbocycles. The van der Waals surface area contributed by atoms with Crippen LogP contribution in [0.2, 0.25) is 0 Å². The number of hydrogen-bond donors (Lipinski definition) is 3. The standard InChI is InChI=1S/C12H14O6S/c13-10-7-8(1-2-9(10)12(15)16)17-4-5-18-11(14)3-6-19/h1-2,7,13,19H,3-6H2,(H,15,16). The van der Waals surface area contributed by atoms with Crippen molar-refractivity contribution in [2.45, 2.75) is 6.42 Å². The third kappa shape index (κ3) is 5.09. The highest BCUT2D eigenvalue weighted by Crippen LogP contribution is 2.23. The molecule has 0 aliphatic rings. The second-order valence-electron chi connectivity index (χ2n) is 3.53. The summed E-state index contributed by atoms with van der Waals surface area (Å²) in [5.41, 5.74) is -0.201. The molecule has 0 saturated heterocycles. The Labute approximate surface area is 115 Å². The van der Waals surface area contributed by atoms with Crippen molar-refractivity contribution in [2.75, 3.05) is 19.0 Å². The van der Waals surface area contributed by atoms with Crippen molar-refractivity contribution in [1.82, 2.24) is 0 Å². The van der Waals surface area contributed by atoms with Gasteiger partial charge >= 0.3 is 11.9 Å². The smallest absolute Gasteiger partial charge is 0.339 e. The van der Waals surface area contributed by atoms with Gasteiger partial charge in [-0.05, 0) is 12.1 Å². The molecule has 1 aromatic rings. The lowest BCUT2D eigenvalue weighted by molar-refractivity contribution is -0.143. The van der Waals surface area contributed by atoms with E-state index in [0.29, 0.717) is 11.5 Å². The minimum absolute atomic E-state index is 0.0774. The molecule has 0 unspecified atom stereocenters. The van der Waals surface area contributed by atoms with E-state index in [-0.39, 0.29) is 36.9 Å². The zero-order valence-corrected chi connectivity index (χ0v) is 10.9. The number of phenols is 1. The number of ether oxygens (including phenoxy) is 2. The average Bonchev–Trinajstić information content (AvgIpc) is 2.34. The van der Waals surface area contributed by atoms with Crippen LogP contribution in [0.5, 0.6) is 11.5 Å². The first kappa shape index (κ1) is 15.2. The van der Waals surface area contributed by atoms with E-state index in [1.165, 1.54) is 18.2 Å². The van der Waals surface area contributed by atoms with E-state index in [9.17, 15) is 14.7 Å². The summed E-state index contributed by atoms with van der Waals surface area (Å²) in [6.45, 7) is 0.193. The normalized spacial score (nSPS) is 9.95. The Balaban J connectivity index is 2.40. The van der Waals surface area contributed by atoms with Gasteiger partial charge in [-0.1, -0.05) is 0 Å². The lowest BCUT2D eigenvalue weighted by Crippen LogP contribution is -2.12. The van der Waals surface area contributed by atoms with Gasteiger partial charge in [0.1, 0.15) is 30.3 Å². The maximum atomic E-state index is 11.0. The molecule has 0 aliphatic heterocycles. The van der Waals surface area contributed by atoms with Crippen LogP contribution in [0.15, 0.2) is 18.2 Å². The lowest BCUT2D eigenvalue weighted by Gasteiger charge is -2.08. The molecule has 0 radical (unpaired) electrons. The zero-order chi connectivity index (χ0) is 14.3. The van der Waals surface area contributed by atoms with Gasteiger partial charge in [-0.2, -0.15) is 12.6 Å². The van der Waals surface area contributed by atoms with E-state index >= 15 is 0 Å². The predicted octanol–water partition coefficient (Wildman–Crippen LogP) is 1.33. The third-order valence-electron chi connectivity index (χ3n) is 2.13. The minimum Gasteiger partial charge on any atom is -0.507 e. The molecule has 7 heteroatoms. The van der Waals surface area contributed by atoms with Crippen molar-refractivity contribution >= 4 is 24.6 Å². The first-order valence-corrected chi connectivity index (χ1v) is 6.13. The topological polar surface area (TPSA) is 93.1 Å². The first-order chi connectivity index (χ1) is 9.04. The number of carboxylic acids is 1. The van der Waals surface area contributed by atoms with Crippen molar-refractivity contribution in [1.29, 1.82) is 0 Å². The number of aromatic hydroxyl groups is 1. The average molecular weight is 286 g/mol. The molecule has 104 valence electrons. The van der Waals surface area contributed by atoms with Crippen LogP contribution >= 0.6 is 12.6 Å². The Kier molecular flexibility index (Phi) is 6.01. The number of carbonyl (C=O) groups excluding carboxylic acids is 1. The highest BCUT2D eigenvalue weighted by atomic mass is 32.1. The SMILES string of the molecule is O=C(CCS)OCCOc1ccc(C(=O)O)c(O)c1.